The first kappa shape index (κ1) is 16.5. The molecule has 0 radical (unpaired) electrons. The van der Waals surface area contributed by atoms with Crippen LogP contribution in [0.3, 0.4) is 0 Å². The van der Waals surface area contributed by atoms with Crippen molar-refractivity contribution in [1.29, 1.82) is 0 Å². The summed E-state index contributed by atoms with van der Waals surface area (Å²) in [5.74, 6) is -0.211. The quantitative estimate of drug-likeness (QED) is 0.785. The van der Waals surface area contributed by atoms with Gasteiger partial charge in [0.25, 0.3) is 15.0 Å². The Bertz CT molecular complexity index is 786. The number of nitrogens with one attached hydrogen (secondary N) is 1. The van der Waals surface area contributed by atoms with Crippen molar-refractivity contribution in [3.63, 3.8) is 0 Å². The Morgan fingerprint density at radius 1 is 1.33 bits per heavy atom. The lowest BCUT2D eigenvalue weighted by molar-refractivity contribution is 0.0950. The maximum Gasteiger partial charge on any atom is 0.270 e. The summed E-state index contributed by atoms with van der Waals surface area (Å²) in [4.78, 5) is 12.8. The number of amides is 1. The first-order valence-electron chi connectivity index (χ1n) is 5.85. The first-order valence-corrected chi connectivity index (χ1v) is 9.77. The largest absolute Gasteiger partial charge is 0.347 e. The molecule has 0 aliphatic heterocycles. The summed E-state index contributed by atoms with van der Waals surface area (Å²) in [5, 5.41) is 2.76. The summed E-state index contributed by atoms with van der Waals surface area (Å²) >= 11 is 4.37. The van der Waals surface area contributed by atoms with Crippen molar-refractivity contribution in [2.75, 3.05) is 0 Å². The van der Waals surface area contributed by atoms with Gasteiger partial charge in [0, 0.05) is 25.6 Å². The Morgan fingerprint density at radius 2 is 2.05 bits per heavy atom. The fourth-order valence-electron chi connectivity index (χ4n) is 1.69. The molecule has 0 aliphatic rings. The molecule has 0 unspecified atom stereocenters. The van der Waals surface area contributed by atoms with E-state index in [4.69, 9.17) is 10.7 Å². The molecule has 112 valence electrons. The lowest BCUT2D eigenvalue weighted by Gasteiger charge is -2.07. The highest BCUT2D eigenvalue weighted by molar-refractivity contribution is 9.10. The standard InChI is InChI=1S/C13H11BrClNO3S2/c1-8-2-3-9(14)6-11(8)13(17)16-7-10-4-5-12(20-10)21(15,18)19/h2-6H,7H2,1H3,(H,16,17). The van der Waals surface area contributed by atoms with Crippen molar-refractivity contribution >= 4 is 52.9 Å². The van der Waals surface area contributed by atoms with Crippen molar-refractivity contribution in [3.05, 3.63) is 50.8 Å². The maximum atomic E-state index is 12.1. The van der Waals surface area contributed by atoms with Gasteiger partial charge in [-0.25, -0.2) is 8.42 Å². The molecular formula is C13H11BrClNO3S2. The number of hydrogen-bond donors (Lipinski definition) is 1. The minimum Gasteiger partial charge on any atom is -0.347 e. The Morgan fingerprint density at radius 3 is 2.67 bits per heavy atom. The van der Waals surface area contributed by atoms with Gasteiger partial charge in [0.05, 0.1) is 6.54 Å². The molecular weight excluding hydrogens is 398 g/mol. The lowest BCUT2D eigenvalue weighted by Crippen LogP contribution is -2.23. The average Bonchev–Trinajstić information content (AvgIpc) is 2.87. The summed E-state index contributed by atoms with van der Waals surface area (Å²) in [6.07, 6.45) is 0. The number of thiophene rings is 1. The molecule has 2 aromatic rings. The molecule has 1 aromatic heterocycles. The lowest BCUT2D eigenvalue weighted by atomic mass is 10.1. The fraction of sp³-hybridized carbons (Fsp3) is 0.154. The van der Waals surface area contributed by atoms with Gasteiger partial charge in [-0.3, -0.25) is 4.79 Å². The Labute approximate surface area is 139 Å². The van der Waals surface area contributed by atoms with Crippen LogP contribution >= 0.6 is 37.9 Å². The van der Waals surface area contributed by atoms with E-state index in [0.717, 1.165) is 26.3 Å². The van der Waals surface area contributed by atoms with Gasteiger partial charge in [-0.05, 0) is 36.8 Å². The van der Waals surface area contributed by atoms with Gasteiger partial charge < -0.3 is 5.32 Å². The Balaban J connectivity index is 2.08. The average molecular weight is 409 g/mol. The second-order valence-corrected chi connectivity index (χ2v) is 9.18. The molecule has 1 heterocycles. The predicted molar refractivity (Wildman–Crippen MR) is 87.4 cm³/mol. The molecule has 0 saturated heterocycles. The molecule has 0 aliphatic carbocycles. The van der Waals surface area contributed by atoms with Crippen LogP contribution in [0.5, 0.6) is 0 Å². The van der Waals surface area contributed by atoms with Gasteiger partial charge in [0.2, 0.25) is 0 Å². The van der Waals surface area contributed by atoms with E-state index in [1.165, 1.54) is 6.07 Å². The van der Waals surface area contributed by atoms with E-state index in [2.05, 4.69) is 21.2 Å². The maximum absolute atomic E-state index is 12.1. The second kappa shape index (κ2) is 6.48. The monoisotopic (exact) mass is 407 g/mol. The van der Waals surface area contributed by atoms with Gasteiger partial charge in [0.15, 0.2) is 0 Å². The van der Waals surface area contributed by atoms with Crippen LogP contribution in [0.15, 0.2) is 39.0 Å². The third-order valence-corrected chi connectivity index (χ3v) is 6.42. The highest BCUT2D eigenvalue weighted by Crippen LogP contribution is 2.24. The van der Waals surface area contributed by atoms with E-state index in [-0.39, 0.29) is 16.7 Å². The van der Waals surface area contributed by atoms with Gasteiger partial charge in [0.1, 0.15) is 4.21 Å². The Kier molecular flexibility index (Phi) is 5.08. The normalized spacial score (nSPS) is 11.4. The summed E-state index contributed by atoms with van der Waals surface area (Å²) in [5.41, 5.74) is 1.44. The Hall–Kier alpha value is -0.890. The summed E-state index contributed by atoms with van der Waals surface area (Å²) in [7, 11) is 1.55. The van der Waals surface area contributed by atoms with Crippen LogP contribution in [0, 0.1) is 6.92 Å². The summed E-state index contributed by atoms with van der Waals surface area (Å²) in [6, 6.07) is 8.52. The SMILES string of the molecule is Cc1ccc(Br)cc1C(=O)NCc1ccc(S(=O)(=O)Cl)s1. The highest BCUT2D eigenvalue weighted by atomic mass is 79.9. The molecule has 0 spiro atoms. The third kappa shape index (κ3) is 4.29. The van der Waals surface area contributed by atoms with Gasteiger partial charge in [-0.2, -0.15) is 0 Å². The van der Waals surface area contributed by atoms with Gasteiger partial charge >= 0.3 is 0 Å². The number of benzene rings is 1. The molecule has 2 rings (SSSR count). The zero-order valence-corrected chi connectivity index (χ0v) is 14.9. The van der Waals surface area contributed by atoms with Crippen LogP contribution in [0.25, 0.3) is 0 Å². The van der Waals surface area contributed by atoms with Crippen molar-refractivity contribution < 1.29 is 13.2 Å². The van der Waals surface area contributed by atoms with Crippen LogP contribution in [0.2, 0.25) is 0 Å². The smallest absolute Gasteiger partial charge is 0.270 e. The number of aryl methyl sites for hydroxylation is 1. The molecule has 0 fully saturated rings. The van der Waals surface area contributed by atoms with Crippen LogP contribution in [-0.4, -0.2) is 14.3 Å². The van der Waals surface area contributed by atoms with Crippen molar-refractivity contribution in [2.24, 2.45) is 0 Å². The minimum absolute atomic E-state index is 0.0760. The first-order chi connectivity index (χ1) is 9.77. The van der Waals surface area contributed by atoms with Gasteiger partial charge in [-0.15, -0.1) is 11.3 Å². The molecule has 0 atom stereocenters. The molecule has 8 heteroatoms. The third-order valence-electron chi connectivity index (χ3n) is 2.74. The van der Waals surface area contributed by atoms with Crippen molar-refractivity contribution in [2.45, 2.75) is 17.7 Å². The number of halogens is 2. The number of rotatable bonds is 4. The number of hydrogen-bond acceptors (Lipinski definition) is 4. The molecule has 1 amide bonds. The van der Waals surface area contributed by atoms with E-state index in [9.17, 15) is 13.2 Å². The van der Waals surface area contributed by atoms with Crippen LogP contribution < -0.4 is 5.32 Å². The van der Waals surface area contributed by atoms with Crippen LogP contribution in [0.1, 0.15) is 20.8 Å². The van der Waals surface area contributed by atoms with E-state index >= 15 is 0 Å². The van der Waals surface area contributed by atoms with E-state index in [1.807, 2.05) is 19.1 Å². The minimum atomic E-state index is -3.71. The van der Waals surface area contributed by atoms with Crippen molar-refractivity contribution in [1.82, 2.24) is 5.32 Å². The van der Waals surface area contributed by atoms with Crippen LogP contribution in [0.4, 0.5) is 0 Å². The second-order valence-electron chi connectivity index (χ2n) is 4.30. The summed E-state index contributed by atoms with van der Waals surface area (Å²) in [6.45, 7) is 2.10. The fourth-order valence-corrected chi connectivity index (χ4v) is 4.11. The zero-order chi connectivity index (χ0) is 15.6. The highest BCUT2D eigenvalue weighted by Gasteiger charge is 2.14. The van der Waals surface area contributed by atoms with Crippen LogP contribution in [-0.2, 0) is 15.6 Å². The van der Waals surface area contributed by atoms with E-state index < -0.39 is 9.05 Å². The number of carbonyl (C=O) groups excluding carboxylic acids is 1. The molecule has 0 saturated carbocycles. The topological polar surface area (TPSA) is 63.2 Å². The van der Waals surface area contributed by atoms with E-state index in [1.54, 1.807) is 12.1 Å². The molecule has 1 aromatic carbocycles. The van der Waals surface area contributed by atoms with E-state index in [0.29, 0.717) is 5.56 Å². The predicted octanol–water partition coefficient (Wildman–Crippen LogP) is 3.68. The van der Waals surface area contributed by atoms with Gasteiger partial charge in [-0.1, -0.05) is 22.0 Å². The molecule has 21 heavy (non-hydrogen) atoms. The summed E-state index contributed by atoms with van der Waals surface area (Å²) < 4.78 is 23.2. The molecule has 4 nitrogen and oxygen atoms in total. The number of carbonyl (C=O) groups is 1. The van der Waals surface area contributed by atoms with Crippen molar-refractivity contribution in [3.8, 4) is 0 Å². The molecule has 1 N–H and O–H groups in total. The zero-order valence-electron chi connectivity index (χ0n) is 10.9. The molecule has 0 bridgehead atoms.